The molecule has 1 aliphatic heterocycles. The van der Waals surface area contributed by atoms with Crippen molar-refractivity contribution in [1.82, 2.24) is 4.90 Å². The van der Waals surface area contributed by atoms with E-state index in [1.54, 1.807) is 24.8 Å². The molecule has 1 aliphatic rings. The molecule has 0 saturated carbocycles. The Morgan fingerprint density at radius 2 is 2.13 bits per heavy atom. The maximum Gasteiger partial charge on any atom is 0.253 e. The highest BCUT2D eigenvalue weighted by molar-refractivity contribution is 5.94. The predicted molar refractivity (Wildman–Crippen MR) is 88.9 cm³/mol. The maximum absolute atomic E-state index is 12.6. The molecular weight excluding hydrogens is 292 g/mol. The van der Waals surface area contributed by atoms with Gasteiger partial charge in [0.2, 0.25) is 5.91 Å². The van der Waals surface area contributed by atoms with Crippen LogP contribution >= 0.6 is 0 Å². The Bertz CT molecular complexity index is 578. The summed E-state index contributed by atoms with van der Waals surface area (Å²) >= 11 is 0. The Kier molecular flexibility index (Phi) is 5.42. The van der Waals surface area contributed by atoms with Crippen molar-refractivity contribution in [2.75, 3.05) is 13.1 Å². The molecule has 0 radical (unpaired) electrons. The van der Waals surface area contributed by atoms with Crippen LogP contribution in [0.25, 0.3) is 0 Å². The van der Waals surface area contributed by atoms with Crippen molar-refractivity contribution in [3.8, 4) is 0 Å². The molecule has 0 aliphatic carbocycles. The fourth-order valence-corrected chi connectivity index (χ4v) is 2.89. The van der Waals surface area contributed by atoms with Crippen LogP contribution in [0.3, 0.4) is 0 Å². The first kappa shape index (κ1) is 17.5. The van der Waals surface area contributed by atoms with E-state index >= 15 is 0 Å². The molecule has 0 aromatic heterocycles. The van der Waals surface area contributed by atoms with Crippen LogP contribution in [0.2, 0.25) is 0 Å². The number of amides is 2. The van der Waals surface area contributed by atoms with Gasteiger partial charge < -0.3 is 15.7 Å². The van der Waals surface area contributed by atoms with Crippen molar-refractivity contribution in [3.63, 3.8) is 0 Å². The number of hydrogen-bond donors (Lipinski definition) is 2. The molecule has 1 heterocycles. The average molecular weight is 318 g/mol. The lowest BCUT2D eigenvalue weighted by atomic mass is 9.95. The van der Waals surface area contributed by atoms with Crippen molar-refractivity contribution in [2.24, 2.45) is 11.7 Å². The van der Waals surface area contributed by atoms with Crippen LogP contribution in [-0.2, 0) is 11.2 Å². The summed E-state index contributed by atoms with van der Waals surface area (Å²) in [5, 5.41) is 9.82. The first-order chi connectivity index (χ1) is 10.8. The van der Waals surface area contributed by atoms with Crippen LogP contribution < -0.4 is 5.73 Å². The van der Waals surface area contributed by atoms with E-state index in [0.717, 1.165) is 18.4 Å². The lowest BCUT2D eigenvalue weighted by molar-refractivity contribution is -0.123. The SMILES string of the molecule is CC(C)(O)CCc1cccc(C(=O)N2CCC[C@@H](C(N)=O)C2)c1. The smallest absolute Gasteiger partial charge is 0.253 e. The molecule has 2 amide bonds. The molecule has 1 fully saturated rings. The highest BCUT2D eigenvalue weighted by Gasteiger charge is 2.27. The summed E-state index contributed by atoms with van der Waals surface area (Å²) in [6.07, 6.45) is 2.91. The van der Waals surface area contributed by atoms with Crippen LogP contribution in [0.1, 0.15) is 49.0 Å². The zero-order valence-corrected chi connectivity index (χ0v) is 13.9. The number of nitrogens with zero attached hydrogens (tertiary/aromatic N) is 1. The summed E-state index contributed by atoms with van der Waals surface area (Å²) in [4.78, 5) is 25.7. The van der Waals surface area contributed by atoms with Crippen molar-refractivity contribution >= 4 is 11.8 Å². The van der Waals surface area contributed by atoms with E-state index in [4.69, 9.17) is 5.73 Å². The number of carbonyl (C=O) groups excluding carboxylic acids is 2. The number of aryl methyl sites for hydroxylation is 1. The molecule has 1 saturated heterocycles. The summed E-state index contributed by atoms with van der Waals surface area (Å²) in [7, 11) is 0. The third-order valence-electron chi connectivity index (χ3n) is 4.31. The first-order valence-corrected chi connectivity index (χ1v) is 8.16. The highest BCUT2D eigenvalue weighted by atomic mass is 16.3. The Balaban J connectivity index is 2.06. The van der Waals surface area contributed by atoms with Gasteiger partial charge in [-0.1, -0.05) is 12.1 Å². The molecule has 3 N–H and O–H groups in total. The molecule has 2 rings (SSSR count). The fraction of sp³-hybridized carbons (Fsp3) is 0.556. The largest absolute Gasteiger partial charge is 0.390 e. The summed E-state index contributed by atoms with van der Waals surface area (Å²) in [5.41, 5.74) is 6.31. The van der Waals surface area contributed by atoms with Gasteiger partial charge in [0, 0.05) is 18.7 Å². The average Bonchev–Trinajstić information content (AvgIpc) is 2.52. The number of piperidine rings is 1. The normalized spacial score (nSPS) is 18.7. The van der Waals surface area contributed by atoms with Crippen LogP contribution in [0, 0.1) is 5.92 Å². The number of hydrogen-bond acceptors (Lipinski definition) is 3. The van der Waals surface area contributed by atoms with Gasteiger partial charge in [-0.3, -0.25) is 9.59 Å². The van der Waals surface area contributed by atoms with Crippen LogP contribution in [0.5, 0.6) is 0 Å². The second kappa shape index (κ2) is 7.13. The van der Waals surface area contributed by atoms with Crippen LogP contribution in [0.15, 0.2) is 24.3 Å². The molecule has 5 nitrogen and oxygen atoms in total. The predicted octanol–water partition coefficient (Wildman–Crippen LogP) is 1.73. The maximum atomic E-state index is 12.6. The van der Waals surface area contributed by atoms with Gasteiger partial charge in [0.05, 0.1) is 11.5 Å². The minimum Gasteiger partial charge on any atom is -0.390 e. The topological polar surface area (TPSA) is 83.6 Å². The quantitative estimate of drug-likeness (QED) is 0.867. The second-order valence-electron chi connectivity index (χ2n) is 7.01. The summed E-state index contributed by atoms with van der Waals surface area (Å²) in [5.74, 6) is -0.631. The molecule has 0 unspecified atom stereocenters. The number of nitrogens with two attached hydrogens (primary N) is 1. The second-order valence-corrected chi connectivity index (χ2v) is 7.01. The van der Waals surface area contributed by atoms with E-state index in [-0.39, 0.29) is 17.7 Å². The van der Waals surface area contributed by atoms with E-state index in [0.29, 0.717) is 31.5 Å². The zero-order chi connectivity index (χ0) is 17.0. The minimum atomic E-state index is -0.721. The van der Waals surface area contributed by atoms with Gasteiger partial charge in [-0.2, -0.15) is 0 Å². The van der Waals surface area contributed by atoms with Gasteiger partial charge in [-0.05, 0) is 57.2 Å². The highest BCUT2D eigenvalue weighted by Crippen LogP contribution is 2.20. The van der Waals surface area contributed by atoms with Crippen molar-refractivity contribution in [3.05, 3.63) is 35.4 Å². The number of rotatable bonds is 5. The lowest BCUT2D eigenvalue weighted by Gasteiger charge is -2.31. The van der Waals surface area contributed by atoms with E-state index < -0.39 is 5.60 Å². The fourth-order valence-electron chi connectivity index (χ4n) is 2.89. The summed E-state index contributed by atoms with van der Waals surface area (Å²) < 4.78 is 0. The standard InChI is InChI=1S/C18H26N2O3/c1-18(2,23)9-8-13-5-3-6-14(11-13)17(22)20-10-4-7-15(12-20)16(19)21/h3,5-6,11,15,23H,4,7-10,12H2,1-2H3,(H2,19,21)/t15-/m1/s1. The van der Waals surface area contributed by atoms with Gasteiger partial charge in [0.1, 0.15) is 0 Å². The zero-order valence-electron chi connectivity index (χ0n) is 13.9. The molecule has 23 heavy (non-hydrogen) atoms. The van der Waals surface area contributed by atoms with Crippen molar-refractivity contribution < 1.29 is 14.7 Å². The van der Waals surface area contributed by atoms with Gasteiger partial charge in [0.25, 0.3) is 5.91 Å². The van der Waals surface area contributed by atoms with E-state index in [9.17, 15) is 14.7 Å². The van der Waals surface area contributed by atoms with Gasteiger partial charge in [-0.25, -0.2) is 0 Å². The molecule has 0 spiro atoms. The third kappa shape index (κ3) is 5.06. The molecule has 5 heteroatoms. The molecular formula is C18H26N2O3. The molecule has 0 bridgehead atoms. The molecule has 1 aromatic rings. The first-order valence-electron chi connectivity index (χ1n) is 8.16. The third-order valence-corrected chi connectivity index (χ3v) is 4.31. The Hall–Kier alpha value is -1.88. The van der Waals surface area contributed by atoms with E-state index in [1.807, 2.05) is 18.2 Å². The monoisotopic (exact) mass is 318 g/mol. The van der Waals surface area contributed by atoms with Crippen LogP contribution in [0.4, 0.5) is 0 Å². The van der Waals surface area contributed by atoms with E-state index in [2.05, 4.69) is 0 Å². The molecule has 1 atom stereocenters. The van der Waals surface area contributed by atoms with E-state index in [1.165, 1.54) is 0 Å². The van der Waals surface area contributed by atoms with Gasteiger partial charge in [-0.15, -0.1) is 0 Å². The Morgan fingerprint density at radius 3 is 2.78 bits per heavy atom. The van der Waals surface area contributed by atoms with Crippen molar-refractivity contribution in [1.29, 1.82) is 0 Å². The van der Waals surface area contributed by atoms with Gasteiger partial charge in [0.15, 0.2) is 0 Å². The van der Waals surface area contributed by atoms with Crippen LogP contribution in [-0.4, -0.2) is 40.5 Å². The summed E-state index contributed by atoms with van der Waals surface area (Å²) in [6, 6.07) is 7.50. The Labute approximate surface area is 137 Å². The number of carbonyl (C=O) groups is 2. The number of likely N-dealkylation sites (tertiary alicyclic amines) is 1. The number of primary amides is 1. The Morgan fingerprint density at radius 1 is 1.39 bits per heavy atom. The minimum absolute atomic E-state index is 0.0546. The van der Waals surface area contributed by atoms with Gasteiger partial charge >= 0.3 is 0 Å². The van der Waals surface area contributed by atoms with Crippen molar-refractivity contribution in [2.45, 2.75) is 45.1 Å². The summed E-state index contributed by atoms with van der Waals surface area (Å²) in [6.45, 7) is 4.62. The number of benzene rings is 1. The molecule has 126 valence electrons. The number of aliphatic hydroxyl groups is 1. The molecule has 1 aromatic carbocycles. The lowest BCUT2D eigenvalue weighted by Crippen LogP contribution is -2.44.